The van der Waals surface area contributed by atoms with E-state index in [1.54, 1.807) is 13.8 Å². The smallest absolute Gasteiger partial charge is 0.228 e. The first kappa shape index (κ1) is 15.4. The highest BCUT2D eigenvalue weighted by Crippen LogP contribution is 2.35. The van der Waals surface area contributed by atoms with Gasteiger partial charge in [-0.15, -0.1) is 0 Å². The summed E-state index contributed by atoms with van der Waals surface area (Å²) in [6.07, 6.45) is 2.70. The molecule has 4 nitrogen and oxygen atoms in total. The van der Waals surface area contributed by atoms with Crippen LogP contribution in [0.2, 0.25) is 0 Å². The number of hydrogen-bond acceptors (Lipinski definition) is 3. The standard InChI is InChI=1S/C14H28N2O2/c1-5-14(7-9-15-10-8-14)12(17)16(6-2)11-13(3,4)18/h15,18H,5-11H2,1-4H3. The monoisotopic (exact) mass is 256 g/mol. The highest BCUT2D eigenvalue weighted by atomic mass is 16.3. The number of nitrogens with one attached hydrogen (secondary N) is 1. The molecule has 2 N–H and O–H groups in total. The Morgan fingerprint density at radius 1 is 1.33 bits per heavy atom. The molecule has 1 heterocycles. The maximum absolute atomic E-state index is 12.7. The van der Waals surface area contributed by atoms with Gasteiger partial charge in [0.25, 0.3) is 0 Å². The second-order valence-electron chi connectivity index (χ2n) is 6.02. The molecule has 1 rings (SSSR count). The van der Waals surface area contributed by atoms with Crippen molar-refractivity contribution in [3.63, 3.8) is 0 Å². The van der Waals surface area contributed by atoms with Crippen LogP contribution < -0.4 is 5.32 Å². The van der Waals surface area contributed by atoms with Crippen LogP contribution in [0.4, 0.5) is 0 Å². The van der Waals surface area contributed by atoms with Crippen LogP contribution >= 0.6 is 0 Å². The zero-order chi connectivity index (χ0) is 13.8. The number of aliphatic hydroxyl groups is 1. The lowest BCUT2D eigenvalue weighted by Gasteiger charge is -2.40. The van der Waals surface area contributed by atoms with E-state index in [4.69, 9.17) is 0 Å². The highest BCUT2D eigenvalue weighted by Gasteiger charge is 2.40. The Morgan fingerprint density at radius 3 is 2.28 bits per heavy atom. The largest absolute Gasteiger partial charge is 0.389 e. The fraction of sp³-hybridized carbons (Fsp3) is 0.929. The highest BCUT2D eigenvalue weighted by molar-refractivity contribution is 5.83. The molecule has 0 spiro atoms. The Morgan fingerprint density at radius 2 is 1.89 bits per heavy atom. The first-order chi connectivity index (χ1) is 8.34. The summed E-state index contributed by atoms with van der Waals surface area (Å²) >= 11 is 0. The van der Waals surface area contributed by atoms with Gasteiger partial charge in [-0.3, -0.25) is 4.79 Å². The summed E-state index contributed by atoms with van der Waals surface area (Å²) in [4.78, 5) is 14.6. The molecule has 4 heteroatoms. The molecule has 0 aromatic carbocycles. The fourth-order valence-corrected chi connectivity index (χ4v) is 2.75. The molecule has 1 amide bonds. The lowest BCUT2D eigenvalue weighted by Crippen LogP contribution is -2.52. The van der Waals surface area contributed by atoms with Gasteiger partial charge in [0.15, 0.2) is 0 Å². The number of piperidine rings is 1. The van der Waals surface area contributed by atoms with E-state index in [9.17, 15) is 9.90 Å². The van der Waals surface area contributed by atoms with Crippen molar-refractivity contribution in [2.24, 2.45) is 5.41 Å². The molecular formula is C14H28N2O2. The van der Waals surface area contributed by atoms with Crippen LogP contribution in [0.3, 0.4) is 0 Å². The van der Waals surface area contributed by atoms with Crippen molar-refractivity contribution in [1.82, 2.24) is 10.2 Å². The number of rotatable bonds is 5. The number of carbonyl (C=O) groups is 1. The Labute approximate surface area is 111 Å². The van der Waals surface area contributed by atoms with Gasteiger partial charge in [0.2, 0.25) is 5.91 Å². The SMILES string of the molecule is CCN(CC(C)(C)O)C(=O)C1(CC)CCNCC1. The van der Waals surface area contributed by atoms with Crippen LogP contribution in [0.5, 0.6) is 0 Å². The molecule has 0 aliphatic carbocycles. The fourth-order valence-electron chi connectivity index (χ4n) is 2.75. The number of likely N-dealkylation sites (N-methyl/N-ethyl adjacent to an activating group) is 1. The van der Waals surface area contributed by atoms with Crippen molar-refractivity contribution >= 4 is 5.91 Å². The van der Waals surface area contributed by atoms with Crippen LogP contribution in [-0.2, 0) is 4.79 Å². The molecule has 1 fully saturated rings. The number of nitrogens with zero attached hydrogens (tertiary/aromatic N) is 1. The van der Waals surface area contributed by atoms with E-state index in [1.165, 1.54) is 0 Å². The van der Waals surface area contributed by atoms with Gasteiger partial charge in [-0.05, 0) is 53.1 Å². The molecule has 106 valence electrons. The quantitative estimate of drug-likeness (QED) is 0.781. The van der Waals surface area contributed by atoms with Gasteiger partial charge in [0, 0.05) is 13.1 Å². The van der Waals surface area contributed by atoms with Crippen molar-refractivity contribution < 1.29 is 9.90 Å². The Bertz CT molecular complexity index is 278. The van der Waals surface area contributed by atoms with Crippen molar-refractivity contribution in [2.75, 3.05) is 26.2 Å². The average Bonchev–Trinajstić information content (AvgIpc) is 2.35. The summed E-state index contributed by atoms with van der Waals surface area (Å²) in [5.74, 6) is 0.219. The Kier molecular flexibility index (Phi) is 5.17. The predicted octanol–water partition coefficient (Wildman–Crippen LogP) is 1.39. The Hall–Kier alpha value is -0.610. The number of hydrogen-bond donors (Lipinski definition) is 2. The molecule has 0 unspecified atom stereocenters. The minimum absolute atomic E-state index is 0.216. The third-order valence-corrected chi connectivity index (χ3v) is 3.94. The zero-order valence-corrected chi connectivity index (χ0v) is 12.3. The first-order valence-corrected chi connectivity index (χ1v) is 7.07. The van der Waals surface area contributed by atoms with Gasteiger partial charge in [0.1, 0.15) is 0 Å². The number of carbonyl (C=O) groups excluding carboxylic acids is 1. The van der Waals surface area contributed by atoms with E-state index in [-0.39, 0.29) is 11.3 Å². The van der Waals surface area contributed by atoms with Crippen molar-refractivity contribution in [2.45, 2.75) is 52.6 Å². The average molecular weight is 256 g/mol. The second-order valence-corrected chi connectivity index (χ2v) is 6.02. The molecule has 18 heavy (non-hydrogen) atoms. The van der Waals surface area contributed by atoms with E-state index < -0.39 is 5.60 Å². The molecule has 0 atom stereocenters. The molecular weight excluding hydrogens is 228 g/mol. The van der Waals surface area contributed by atoms with Crippen LogP contribution in [0, 0.1) is 5.41 Å². The molecule has 0 aromatic heterocycles. The van der Waals surface area contributed by atoms with E-state index in [2.05, 4.69) is 12.2 Å². The molecule has 0 aromatic rings. The lowest BCUT2D eigenvalue weighted by molar-refractivity contribution is -0.147. The maximum Gasteiger partial charge on any atom is 0.228 e. The van der Waals surface area contributed by atoms with Gasteiger partial charge in [-0.25, -0.2) is 0 Å². The van der Waals surface area contributed by atoms with E-state index in [0.29, 0.717) is 13.1 Å². The van der Waals surface area contributed by atoms with Crippen LogP contribution in [0.25, 0.3) is 0 Å². The van der Waals surface area contributed by atoms with Crippen molar-refractivity contribution in [3.8, 4) is 0 Å². The van der Waals surface area contributed by atoms with Crippen molar-refractivity contribution in [3.05, 3.63) is 0 Å². The summed E-state index contributed by atoms with van der Waals surface area (Å²) < 4.78 is 0. The third-order valence-electron chi connectivity index (χ3n) is 3.94. The molecule has 0 saturated carbocycles. The summed E-state index contributed by atoms with van der Waals surface area (Å²) in [7, 11) is 0. The molecule has 0 bridgehead atoms. The van der Waals surface area contributed by atoms with E-state index >= 15 is 0 Å². The molecule has 1 saturated heterocycles. The topological polar surface area (TPSA) is 52.6 Å². The predicted molar refractivity (Wildman–Crippen MR) is 73.4 cm³/mol. The summed E-state index contributed by atoms with van der Waals surface area (Å²) in [5.41, 5.74) is -1.04. The summed E-state index contributed by atoms with van der Waals surface area (Å²) in [6, 6.07) is 0. The lowest BCUT2D eigenvalue weighted by atomic mass is 9.75. The Balaban J connectivity index is 2.80. The van der Waals surface area contributed by atoms with Crippen LogP contribution in [0.15, 0.2) is 0 Å². The molecule has 1 aliphatic heterocycles. The minimum Gasteiger partial charge on any atom is -0.389 e. The molecule has 0 radical (unpaired) electrons. The van der Waals surface area contributed by atoms with E-state index in [0.717, 1.165) is 32.4 Å². The van der Waals surface area contributed by atoms with Gasteiger partial charge >= 0.3 is 0 Å². The second kappa shape index (κ2) is 6.02. The van der Waals surface area contributed by atoms with Gasteiger partial charge < -0.3 is 15.3 Å². The van der Waals surface area contributed by atoms with Gasteiger partial charge in [-0.1, -0.05) is 6.92 Å². The van der Waals surface area contributed by atoms with Gasteiger partial charge in [-0.2, -0.15) is 0 Å². The zero-order valence-electron chi connectivity index (χ0n) is 12.3. The molecule has 1 aliphatic rings. The third kappa shape index (κ3) is 3.69. The summed E-state index contributed by atoms with van der Waals surface area (Å²) in [6.45, 7) is 10.5. The van der Waals surface area contributed by atoms with E-state index in [1.807, 2.05) is 11.8 Å². The van der Waals surface area contributed by atoms with Crippen LogP contribution in [0.1, 0.15) is 47.0 Å². The van der Waals surface area contributed by atoms with Crippen molar-refractivity contribution in [1.29, 1.82) is 0 Å². The number of amides is 1. The first-order valence-electron chi connectivity index (χ1n) is 7.07. The van der Waals surface area contributed by atoms with Crippen LogP contribution in [-0.4, -0.2) is 47.7 Å². The minimum atomic E-state index is -0.826. The maximum atomic E-state index is 12.7. The summed E-state index contributed by atoms with van der Waals surface area (Å²) in [5, 5.41) is 13.2. The normalized spacial score (nSPS) is 19.6. The van der Waals surface area contributed by atoms with Gasteiger partial charge in [0.05, 0.1) is 11.0 Å².